The Hall–Kier alpha value is -1.68. The third-order valence-electron chi connectivity index (χ3n) is 2.97. The van der Waals surface area contributed by atoms with Gasteiger partial charge in [-0.25, -0.2) is 9.97 Å². The molecule has 4 nitrogen and oxygen atoms in total. The van der Waals surface area contributed by atoms with Gasteiger partial charge in [0.15, 0.2) is 0 Å². The van der Waals surface area contributed by atoms with Crippen LogP contribution in [0.1, 0.15) is 31.1 Å². The van der Waals surface area contributed by atoms with Crippen molar-refractivity contribution in [3.63, 3.8) is 0 Å². The summed E-state index contributed by atoms with van der Waals surface area (Å²) in [4.78, 5) is 12.5. The van der Waals surface area contributed by atoms with Crippen molar-refractivity contribution >= 4 is 17.4 Å². The van der Waals surface area contributed by atoms with Crippen molar-refractivity contribution < 1.29 is 0 Å². The van der Waals surface area contributed by atoms with Gasteiger partial charge in [-0.2, -0.15) is 0 Å². The molecule has 19 heavy (non-hydrogen) atoms. The second-order valence-electron chi connectivity index (χ2n) is 4.79. The number of rotatable bonds is 4. The molecule has 1 N–H and O–H groups in total. The minimum atomic E-state index is 0.0635. The van der Waals surface area contributed by atoms with Gasteiger partial charge >= 0.3 is 0 Å². The van der Waals surface area contributed by atoms with E-state index in [0.29, 0.717) is 16.8 Å². The number of nitrogens with one attached hydrogen (secondary N) is 1. The molecule has 0 aromatic carbocycles. The molecule has 2 rings (SSSR count). The van der Waals surface area contributed by atoms with Gasteiger partial charge in [-0.3, -0.25) is 4.98 Å². The molecule has 0 aliphatic heterocycles. The van der Waals surface area contributed by atoms with Crippen LogP contribution in [0.2, 0.25) is 5.02 Å². The van der Waals surface area contributed by atoms with E-state index in [1.165, 1.54) is 6.33 Å². The smallest absolute Gasteiger partial charge is 0.148 e. The Morgan fingerprint density at radius 2 is 2.05 bits per heavy atom. The van der Waals surface area contributed by atoms with E-state index in [1.54, 1.807) is 12.4 Å². The highest BCUT2D eigenvalue weighted by atomic mass is 35.5. The fraction of sp³-hybridized carbons (Fsp3) is 0.357. The summed E-state index contributed by atoms with van der Waals surface area (Å²) in [5.74, 6) is 1.00. The summed E-state index contributed by atoms with van der Waals surface area (Å²) >= 11 is 6.09. The summed E-state index contributed by atoms with van der Waals surface area (Å²) in [6, 6.07) is 4.06. The number of aromatic nitrogens is 3. The average molecular weight is 277 g/mol. The standard InChI is InChI=1S/C14H17ClN4/c1-9(2)12(13-10(3)5-4-6-17-13)19-14-11(15)7-16-8-18-14/h4-9,12H,1-3H3,(H,16,18,19). The molecule has 2 aromatic heterocycles. The SMILES string of the molecule is Cc1cccnc1C(Nc1ncncc1Cl)C(C)C. The van der Waals surface area contributed by atoms with E-state index in [0.717, 1.165) is 11.3 Å². The Morgan fingerprint density at radius 1 is 1.26 bits per heavy atom. The minimum Gasteiger partial charge on any atom is -0.360 e. The largest absolute Gasteiger partial charge is 0.360 e. The van der Waals surface area contributed by atoms with E-state index in [2.05, 4.69) is 47.1 Å². The Kier molecular flexibility index (Phi) is 4.32. The topological polar surface area (TPSA) is 50.7 Å². The monoisotopic (exact) mass is 276 g/mol. The number of hydrogen-bond donors (Lipinski definition) is 1. The Morgan fingerprint density at radius 3 is 2.68 bits per heavy atom. The van der Waals surface area contributed by atoms with Crippen molar-refractivity contribution in [1.82, 2.24) is 15.0 Å². The maximum absolute atomic E-state index is 6.09. The fourth-order valence-corrected chi connectivity index (χ4v) is 2.10. The van der Waals surface area contributed by atoms with E-state index in [1.807, 2.05) is 6.07 Å². The predicted octanol–water partition coefficient (Wildman–Crippen LogP) is 3.64. The Labute approximate surface area is 118 Å². The summed E-state index contributed by atoms with van der Waals surface area (Å²) in [6.45, 7) is 6.34. The molecular weight excluding hydrogens is 260 g/mol. The summed E-state index contributed by atoms with van der Waals surface area (Å²) in [6.07, 6.45) is 4.87. The molecule has 0 fully saturated rings. The number of hydrogen-bond acceptors (Lipinski definition) is 4. The van der Waals surface area contributed by atoms with Crippen LogP contribution in [0.5, 0.6) is 0 Å². The van der Waals surface area contributed by atoms with Crippen LogP contribution < -0.4 is 5.32 Å². The zero-order valence-electron chi connectivity index (χ0n) is 11.3. The lowest BCUT2D eigenvalue weighted by Crippen LogP contribution is -2.20. The Balaban J connectivity index is 2.33. The molecule has 0 radical (unpaired) electrons. The molecule has 0 saturated heterocycles. The maximum atomic E-state index is 6.09. The Bertz CT molecular complexity index is 557. The van der Waals surface area contributed by atoms with Crippen LogP contribution in [0.15, 0.2) is 30.9 Å². The van der Waals surface area contributed by atoms with Gasteiger partial charge in [-0.1, -0.05) is 31.5 Å². The molecule has 0 aliphatic carbocycles. The molecule has 2 heterocycles. The first-order chi connectivity index (χ1) is 9.09. The van der Waals surface area contributed by atoms with Crippen molar-refractivity contribution in [2.75, 3.05) is 5.32 Å². The fourth-order valence-electron chi connectivity index (χ4n) is 1.94. The van der Waals surface area contributed by atoms with Gasteiger partial charge in [0.1, 0.15) is 17.2 Å². The molecule has 2 aromatic rings. The summed E-state index contributed by atoms with van der Waals surface area (Å²) in [7, 11) is 0. The van der Waals surface area contributed by atoms with Crippen LogP contribution in [0.3, 0.4) is 0 Å². The quantitative estimate of drug-likeness (QED) is 0.926. The second-order valence-corrected chi connectivity index (χ2v) is 5.20. The van der Waals surface area contributed by atoms with Crippen LogP contribution in [0, 0.1) is 12.8 Å². The van der Waals surface area contributed by atoms with Crippen LogP contribution in [-0.2, 0) is 0 Å². The molecule has 0 saturated carbocycles. The summed E-state index contributed by atoms with van der Waals surface area (Å²) in [5, 5.41) is 3.87. The van der Waals surface area contributed by atoms with Gasteiger partial charge in [0, 0.05) is 6.20 Å². The molecule has 0 amide bonds. The van der Waals surface area contributed by atoms with Crippen LogP contribution in [-0.4, -0.2) is 15.0 Å². The maximum Gasteiger partial charge on any atom is 0.148 e. The van der Waals surface area contributed by atoms with Crippen molar-refractivity contribution in [1.29, 1.82) is 0 Å². The molecular formula is C14H17ClN4. The minimum absolute atomic E-state index is 0.0635. The second kappa shape index (κ2) is 5.97. The van der Waals surface area contributed by atoms with Crippen molar-refractivity contribution in [2.24, 2.45) is 5.92 Å². The lowest BCUT2D eigenvalue weighted by molar-refractivity contribution is 0.531. The normalized spacial score (nSPS) is 12.5. The number of halogens is 1. The average Bonchev–Trinajstić information content (AvgIpc) is 2.38. The zero-order valence-corrected chi connectivity index (χ0v) is 12.0. The third-order valence-corrected chi connectivity index (χ3v) is 3.25. The van der Waals surface area contributed by atoms with Crippen molar-refractivity contribution in [3.8, 4) is 0 Å². The van der Waals surface area contributed by atoms with Gasteiger partial charge in [0.25, 0.3) is 0 Å². The highest BCUT2D eigenvalue weighted by molar-refractivity contribution is 6.32. The van der Waals surface area contributed by atoms with E-state index < -0.39 is 0 Å². The van der Waals surface area contributed by atoms with Gasteiger partial charge in [0.2, 0.25) is 0 Å². The van der Waals surface area contributed by atoms with Gasteiger partial charge in [-0.15, -0.1) is 0 Å². The number of nitrogens with zero attached hydrogens (tertiary/aromatic N) is 3. The first-order valence-corrected chi connectivity index (χ1v) is 6.61. The summed E-state index contributed by atoms with van der Waals surface area (Å²) in [5.41, 5.74) is 2.17. The third kappa shape index (κ3) is 3.20. The highest BCUT2D eigenvalue weighted by Crippen LogP contribution is 2.28. The molecule has 100 valence electrons. The van der Waals surface area contributed by atoms with Gasteiger partial charge in [0.05, 0.1) is 17.9 Å². The lowest BCUT2D eigenvalue weighted by atomic mass is 9.97. The lowest BCUT2D eigenvalue weighted by Gasteiger charge is -2.24. The number of aryl methyl sites for hydroxylation is 1. The van der Waals surface area contributed by atoms with E-state index in [9.17, 15) is 0 Å². The van der Waals surface area contributed by atoms with Crippen molar-refractivity contribution in [3.05, 3.63) is 47.1 Å². The number of pyridine rings is 1. The summed E-state index contributed by atoms with van der Waals surface area (Å²) < 4.78 is 0. The van der Waals surface area contributed by atoms with Gasteiger partial charge in [-0.05, 0) is 24.5 Å². The molecule has 1 unspecified atom stereocenters. The predicted molar refractivity (Wildman–Crippen MR) is 77.2 cm³/mol. The van der Waals surface area contributed by atoms with Crippen LogP contribution in [0.25, 0.3) is 0 Å². The highest BCUT2D eigenvalue weighted by Gasteiger charge is 2.20. The van der Waals surface area contributed by atoms with E-state index >= 15 is 0 Å². The van der Waals surface area contributed by atoms with Crippen molar-refractivity contribution in [2.45, 2.75) is 26.8 Å². The molecule has 0 spiro atoms. The molecule has 1 atom stereocenters. The number of anilines is 1. The zero-order chi connectivity index (χ0) is 13.8. The molecule has 0 aliphatic rings. The van der Waals surface area contributed by atoms with Crippen LogP contribution >= 0.6 is 11.6 Å². The van der Waals surface area contributed by atoms with E-state index in [4.69, 9.17) is 11.6 Å². The molecule has 5 heteroatoms. The first-order valence-electron chi connectivity index (χ1n) is 6.23. The molecule has 0 bridgehead atoms. The first kappa shape index (κ1) is 13.7. The van der Waals surface area contributed by atoms with Crippen LogP contribution in [0.4, 0.5) is 5.82 Å². The van der Waals surface area contributed by atoms with Gasteiger partial charge < -0.3 is 5.32 Å². The van der Waals surface area contributed by atoms with E-state index in [-0.39, 0.29) is 6.04 Å².